The van der Waals surface area contributed by atoms with Gasteiger partial charge in [-0.05, 0) is 52.7 Å². The molecule has 4 rings (SSSR count). The van der Waals surface area contributed by atoms with Crippen molar-refractivity contribution < 1.29 is 67.9 Å². The summed E-state index contributed by atoms with van der Waals surface area (Å²) < 4.78 is 39.1. The molecule has 2 aromatic carbocycles. The number of carbonyl (C=O) groups is 2. The maximum atomic E-state index is 12.6. The maximum Gasteiger partial charge on any atom is 0.349 e. The van der Waals surface area contributed by atoms with Gasteiger partial charge in [0, 0.05) is 27.1 Å². The number of esters is 2. The fourth-order valence-corrected chi connectivity index (χ4v) is 6.89. The molecule has 0 saturated carbocycles. The second-order valence-electron chi connectivity index (χ2n) is 15.8. The number of ether oxygens (including phenoxy) is 8. The molecule has 0 unspecified atom stereocenters. The van der Waals surface area contributed by atoms with Crippen LogP contribution in [0.1, 0.15) is 65.5 Å². The van der Waals surface area contributed by atoms with E-state index in [0.717, 1.165) is 11.1 Å². The van der Waals surface area contributed by atoms with Crippen LogP contribution in [-0.4, -0.2) is 128 Å². The molecule has 0 aliphatic carbocycles. The molecule has 0 spiro atoms. The molecule has 2 aliphatic heterocycles. The first-order valence-electron chi connectivity index (χ1n) is 18.5. The van der Waals surface area contributed by atoms with Crippen LogP contribution in [0, 0.1) is 0 Å². The van der Waals surface area contributed by atoms with Crippen LogP contribution in [0.4, 0.5) is 0 Å². The van der Waals surface area contributed by atoms with E-state index in [1.165, 1.54) is 14.2 Å². The summed E-state index contributed by atoms with van der Waals surface area (Å²) in [5, 5.41) is 41.9. The second-order valence-corrected chi connectivity index (χ2v) is 18.5. The third-order valence-corrected chi connectivity index (χ3v) is 10.7. The van der Waals surface area contributed by atoms with E-state index < -0.39 is 93.2 Å². The van der Waals surface area contributed by atoms with E-state index in [0.29, 0.717) is 0 Å². The molecule has 2 aromatic rings. The Hall–Kier alpha value is -1.86. The highest BCUT2D eigenvalue weighted by atomic mass is 35.5. The van der Waals surface area contributed by atoms with Crippen molar-refractivity contribution in [3.63, 3.8) is 0 Å². The maximum absolute atomic E-state index is 12.6. The lowest BCUT2D eigenvalue weighted by atomic mass is 9.92. The van der Waals surface area contributed by atoms with Gasteiger partial charge in [0.15, 0.2) is 0 Å². The van der Waals surface area contributed by atoms with E-state index in [9.17, 15) is 30.0 Å². The zero-order valence-electron chi connectivity index (χ0n) is 33.9. The highest BCUT2D eigenvalue weighted by Crippen LogP contribution is 2.47. The summed E-state index contributed by atoms with van der Waals surface area (Å²) in [4.78, 5) is 25.1. The van der Waals surface area contributed by atoms with Crippen LogP contribution in [0.15, 0.2) is 60.7 Å². The van der Waals surface area contributed by atoms with Crippen LogP contribution in [-0.2, 0) is 60.7 Å². The van der Waals surface area contributed by atoms with Gasteiger partial charge in [0.05, 0.1) is 38.6 Å². The summed E-state index contributed by atoms with van der Waals surface area (Å²) in [6.45, 7) is 9.37. The van der Waals surface area contributed by atoms with Gasteiger partial charge in [-0.15, -0.1) is 0 Å². The molecule has 0 aromatic heterocycles. The van der Waals surface area contributed by atoms with Gasteiger partial charge in [-0.3, -0.25) is 0 Å². The molecule has 2 heterocycles. The number of carbonyl (C=O) groups excluding carboxylic acids is 2. The molecule has 8 atom stereocenters. The van der Waals surface area contributed by atoms with Crippen molar-refractivity contribution in [1.82, 2.24) is 0 Å². The Morgan fingerprint density at radius 1 is 0.638 bits per heavy atom. The van der Waals surface area contributed by atoms with Crippen molar-refractivity contribution in [1.29, 1.82) is 0 Å². The SMILES string of the molecule is CO[C@@H]1C[C@H](OCc2ccccc2)[C@@H](CO)O[C@@]1(O)C(Cl)(Cl)C(=O)OC(C)(C)C.CO[C@@H]1C[C@H](OCc2ccccc2)[C@@H](CO)O[C@@]1(O)C(Cl)(Cl)C(=O)OC(C)(C)C. The molecule has 0 bridgehead atoms. The number of benzene rings is 2. The van der Waals surface area contributed by atoms with Gasteiger partial charge in [-0.25, -0.2) is 9.59 Å². The lowest BCUT2D eigenvalue weighted by Gasteiger charge is -2.49. The average Bonchev–Trinajstić information content (AvgIpc) is 3.16. The summed E-state index contributed by atoms with van der Waals surface area (Å²) >= 11 is 25.0. The van der Waals surface area contributed by atoms with Crippen LogP contribution in [0.2, 0.25) is 0 Å². The Bertz CT molecular complexity index is 1470. The minimum Gasteiger partial charge on any atom is -0.458 e. The molecule has 14 nitrogen and oxygen atoms in total. The summed E-state index contributed by atoms with van der Waals surface area (Å²) in [5.41, 5.74) is 0.0722. The number of halogens is 4. The number of aliphatic hydroxyl groups excluding tert-OH is 2. The van der Waals surface area contributed by atoms with Gasteiger partial charge >= 0.3 is 11.9 Å². The molecular weight excluding hydrogens is 846 g/mol. The van der Waals surface area contributed by atoms with Crippen LogP contribution in [0.3, 0.4) is 0 Å². The second kappa shape index (κ2) is 20.8. The molecule has 18 heteroatoms. The smallest absolute Gasteiger partial charge is 0.349 e. The number of rotatable bonds is 14. The monoisotopic (exact) mass is 900 g/mol. The molecule has 0 amide bonds. The average molecular weight is 903 g/mol. The molecular formula is C40H56Cl4O14. The number of hydrogen-bond acceptors (Lipinski definition) is 14. The van der Waals surface area contributed by atoms with Crippen molar-refractivity contribution >= 4 is 58.3 Å². The fourth-order valence-electron chi connectivity index (χ4n) is 6.07. The predicted octanol–water partition coefficient (Wildman–Crippen LogP) is 5.14. The van der Waals surface area contributed by atoms with Gasteiger partial charge in [-0.1, -0.05) is 107 Å². The highest BCUT2D eigenvalue weighted by molar-refractivity contribution is 6.59. The summed E-state index contributed by atoms with van der Waals surface area (Å²) in [6.07, 6.45) is -5.32. The summed E-state index contributed by atoms with van der Waals surface area (Å²) in [7, 11) is 2.65. The summed E-state index contributed by atoms with van der Waals surface area (Å²) in [6, 6.07) is 18.9. The third-order valence-electron chi connectivity index (χ3n) is 9.01. The zero-order chi connectivity index (χ0) is 43.7. The molecule has 4 N–H and O–H groups in total. The molecule has 58 heavy (non-hydrogen) atoms. The van der Waals surface area contributed by atoms with E-state index in [1.54, 1.807) is 41.5 Å². The van der Waals surface area contributed by atoms with Crippen LogP contribution >= 0.6 is 46.4 Å². The van der Waals surface area contributed by atoms with Gasteiger partial charge in [0.1, 0.15) is 35.6 Å². The Morgan fingerprint density at radius 3 is 1.21 bits per heavy atom. The number of alkyl halides is 4. The summed E-state index contributed by atoms with van der Waals surface area (Å²) in [5.74, 6) is -7.10. The normalized spacial score (nSPS) is 28.2. The molecule has 2 fully saturated rings. The third kappa shape index (κ3) is 12.6. The van der Waals surface area contributed by atoms with Crippen molar-refractivity contribution in [2.24, 2.45) is 0 Å². The van der Waals surface area contributed by atoms with E-state index >= 15 is 0 Å². The minimum atomic E-state index is -2.50. The topological polar surface area (TPSA) is 189 Å². The van der Waals surface area contributed by atoms with E-state index in [1.807, 2.05) is 60.7 Å². The Morgan fingerprint density at radius 2 is 0.948 bits per heavy atom. The molecule has 2 saturated heterocycles. The fraction of sp³-hybridized carbons (Fsp3) is 0.650. The first-order valence-corrected chi connectivity index (χ1v) is 20.0. The van der Waals surface area contributed by atoms with Crippen LogP contribution < -0.4 is 0 Å². The van der Waals surface area contributed by atoms with Gasteiger partial charge in [0.25, 0.3) is 8.67 Å². The first kappa shape index (κ1) is 50.5. The lowest BCUT2D eigenvalue weighted by Crippen LogP contribution is -2.68. The van der Waals surface area contributed by atoms with E-state index in [-0.39, 0.29) is 26.1 Å². The quantitative estimate of drug-likeness (QED) is 0.144. The largest absolute Gasteiger partial charge is 0.458 e. The van der Waals surface area contributed by atoms with Gasteiger partial charge < -0.3 is 58.3 Å². The standard InChI is InChI=1S/2C20H28Cl2O7/c2*1-18(2,3)29-17(24)19(21,22)20(25)16(26-4)10-14(15(11-23)28-20)27-12-13-8-6-5-7-9-13/h2*5-9,14-16,23,25H,10-12H2,1-4H3/t2*14-,15+,16+,20+/m00/s1. The highest BCUT2D eigenvalue weighted by Gasteiger charge is 2.67. The minimum absolute atomic E-state index is 0.0784. The van der Waals surface area contributed by atoms with Crippen LogP contribution in [0.5, 0.6) is 0 Å². The van der Waals surface area contributed by atoms with Crippen molar-refractivity contribution in [2.75, 3.05) is 27.4 Å². The Kier molecular flexibility index (Phi) is 18.1. The molecule has 0 radical (unpaired) electrons. The lowest BCUT2D eigenvalue weighted by molar-refractivity contribution is -0.336. The number of aliphatic hydroxyl groups is 4. The van der Waals surface area contributed by atoms with Crippen molar-refractivity contribution in [3.05, 3.63) is 71.8 Å². The number of hydrogen-bond donors (Lipinski definition) is 4. The van der Waals surface area contributed by atoms with E-state index in [2.05, 4.69) is 0 Å². The zero-order valence-corrected chi connectivity index (χ0v) is 36.9. The first-order chi connectivity index (χ1) is 26.9. The van der Waals surface area contributed by atoms with Gasteiger partial charge in [0.2, 0.25) is 11.6 Å². The number of methoxy groups -OCH3 is 2. The predicted molar refractivity (Wildman–Crippen MR) is 215 cm³/mol. The van der Waals surface area contributed by atoms with Gasteiger partial charge in [-0.2, -0.15) is 0 Å². The van der Waals surface area contributed by atoms with E-state index in [4.69, 9.17) is 84.3 Å². The van der Waals surface area contributed by atoms with Crippen LogP contribution in [0.25, 0.3) is 0 Å². The Labute approximate surface area is 359 Å². The van der Waals surface area contributed by atoms with Crippen molar-refractivity contribution in [3.8, 4) is 0 Å². The molecule has 2 aliphatic rings. The van der Waals surface area contributed by atoms with Crippen molar-refractivity contribution in [2.45, 2.75) is 136 Å². The molecule has 328 valence electrons. The Balaban J connectivity index is 0.000000310.